The second-order valence-corrected chi connectivity index (χ2v) is 10.1. The van der Waals surface area contributed by atoms with E-state index in [1.54, 1.807) is 48.5 Å². The number of hydrogen-bond acceptors (Lipinski definition) is 4. The zero-order chi connectivity index (χ0) is 27.7. The molecular weight excluding hydrogens is 495 g/mol. The van der Waals surface area contributed by atoms with Gasteiger partial charge in [0, 0.05) is 17.5 Å². The molecule has 0 bridgehead atoms. The minimum absolute atomic E-state index is 0.106. The first-order valence-corrected chi connectivity index (χ1v) is 12.7. The van der Waals surface area contributed by atoms with Crippen LogP contribution in [0, 0.1) is 24.9 Å². The normalized spacial score (nSPS) is 13.7. The number of benzene rings is 3. The van der Waals surface area contributed by atoms with E-state index < -0.39 is 11.6 Å². The number of aryl methyl sites for hydroxylation is 2. The quantitative estimate of drug-likeness (QED) is 0.217. The Morgan fingerprint density at radius 1 is 1.05 bits per heavy atom. The van der Waals surface area contributed by atoms with Crippen molar-refractivity contribution in [2.45, 2.75) is 38.8 Å². The Hall–Kier alpha value is -4.49. The van der Waals surface area contributed by atoms with Crippen molar-refractivity contribution in [3.63, 3.8) is 0 Å². The monoisotopic (exact) mass is 524 g/mol. The van der Waals surface area contributed by atoms with Gasteiger partial charge in [-0.3, -0.25) is 4.79 Å². The third-order valence-corrected chi connectivity index (χ3v) is 6.99. The van der Waals surface area contributed by atoms with E-state index in [1.807, 2.05) is 32.0 Å². The first kappa shape index (κ1) is 26.1. The summed E-state index contributed by atoms with van der Waals surface area (Å²) in [5.74, 6) is -0.314. The standard InChI is InChI=1S/C32H29FN2O4/c1-20-7-13-26(21(2)16-20)31(23-9-11-25(33)12-10-23)34-30(36)18-22-8-14-27-24(17-22)19-29(39-27)32(3,37)28-6-4-5-15-35(28)38/h4-17,19,31,37H,18H2,1-3H3,(H,34,36). The van der Waals surface area contributed by atoms with Gasteiger partial charge in [0.05, 0.1) is 12.5 Å². The summed E-state index contributed by atoms with van der Waals surface area (Å²) < 4.78 is 20.1. The number of furan rings is 1. The van der Waals surface area contributed by atoms with Crippen LogP contribution in [0.1, 0.15) is 52.2 Å². The van der Waals surface area contributed by atoms with E-state index in [1.165, 1.54) is 25.3 Å². The first-order chi connectivity index (χ1) is 18.6. The van der Waals surface area contributed by atoms with E-state index in [-0.39, 0.29) is 29.6 Å². The number of carbonyl (C=O) groups excluding carboxylic acids is 1. The molecule has 7 heteroatoms. The molecule has 0 aliphatic heterocycles. The van der Waals surface area contributed by atoms with E-state index in [0.717, 1.165) is 27.8 Å². The summed E-state index contributed by atoms with van der Waals surface area (Å²) in [6.07, 6.45) is 1.43. The SMILES string of the molecule is Cc1ccc(C(NC(=O)Cc2ccc3oc(C(C)(O)c4cccc[n+]4[O-])cc3c2)c2ccc(F)cc2)c(C)c1. The molecule has 198 valence electrons. The summed E-state index contributed by atoms with van der Waals surface area (Å²) in [7, 11) is 0. The van der Waals surface area contributed by atoms with Crippen molar-refractivity contribution < 1.29 is 23.4 Å². The van der Waals surface area contributed by atoms with Crippen molar-refractivity contribution in [2.75, 3.05) is 0 Å². The zero-order valence-electron chi connectivity index (χ0n) is 21.9. The molecular formula is C32H29FN2O4. The van der Waals surface area contributed by atoms with Crippen molar-refractivity contribution in [3.8, 4) is 0 Å². The van der Waals surface area contributed by atoms with E-state index in [0.29, 0.717) is 15.7 Å². The number of aromatic nitrogens is 1. The molecule has 0 radical (unpaired) electrons. The van der Waals surface area contributed by atoms with Crippen LogP contribution in [0.4, 0.5) is 4.39 Å². The average molecular weight is 525 g/mol. The third-order valence-electron chi connectivity index (χ3n) is 6.99. The number of rotatable bonds is 7. The van der Waals surface area contributed by atoms with Gasteiger partial charge in [-0.15, -0.1) is 0 Å². The maximum atomic E-state index is 13.6. The Balaban J connectivity index is 1.40. The molecule has 5 rings (SSSR count). The molecule has 39 heavy (non-hydrogen) atoms. The van der Waals surface area contributed by atoms with Gasteiger partial charge in [0.15, 0.2) is 6.20 Å². The summed E-state index contributed by atoms with van der Waals surface area (Å²) in [5, 5.41) is 27.2. The predicted molar refractivity (Wildman–Crippen MR) is 146 cm³/mol. The van der Waals surface area contributed by atoms with Crippen LogP contribution in [0.15, 0.2) is 95.5 Å². The van der Waals surface area contributed by atoms with Crippen LogP contribution in [-0.2, 0) is 16.8 Å². The summed E-state index contributed by atoms with van der Waals surface area (Å²) in [6, 6.07) is 23.6. The molecule has 0 aliphatic rings. The third kappa shape index (κ3) is 5.40. The first-order valence-electron chi connectivity index (χ1n) is 12.7. The molecule has 5 aromatic rings. The molecule has 2 unspecified atom stereocenters. The number of aliphatic hydroxyl groups is 1. The molecule has 0 aliphatic carbocycles. The molecule has 0 fully saturated rings. The predicted octanol–water partition coefficient (Wildman–Crippen LogP) is 5.53. The van der Waals surface area contributed by atoms with Gasteiger partial charge in [-0.25, -0.2) is 4.39 Å². The van der Waals surface area contributed by atoms with Crippen molar-refractivity contribution in [1.29, 1.82) is 0 Å². The van der Waals surface area contributed by atoms with Crippen molar-refractivity contribution in [3.05, 3.63) is 141 Å². The topological polar surface area (TPSA) is 89.4 Å². The molecule has 2 heterocycles. The van der Waals surface area contributed by atoms with Crippen LogP contribution in [0.2, 0.25) is 0 Å². The number of nitrogens with one attached hydrogen (secondary N) is 1. The maximum Gasteiger partial charge on any atom is 0.232 e. The van der Waals surface area contributed by atoms with Gasteiger partial charge in [0.2, 0.25) is 17.2 Å². The second-order valence-electron chi connectivity index (χ2n) is 10.1. The lowest BCUT2D eigenvalue weighted by Crippen LogP contribution is -2.40. The van der Waals surface area contributed by atoms with E-state index in [4.69, 9.17) is 4.42 Å². The number of amides is 1. The Morgan fingerprint density at radius 3 is 2.54 bits per heavy atom. The Labute approximate surface area is 225 Å². The number of halogens is 1. The molecule has 0 spiro atoms. The van der Waals surface area contributed by atoms with Crippen LogP contribution >= 0.6 is 0 Å². The second kappa shape index (κ2) is 10.3. The number of carbonyl (C=O) groups is 1. The van der Waals surface area contributed by atoms with Crippen LogP contribution in [-0.4, -0.2) is 11.0 Å². The lowest BCUT2D eigenvalue weighted by atomic mass is 9.93. The van der Waals surface area contributed by atoms with Crippen LogP contribution in [0.3, 0.4) is 0 Å². The minimum Gasteiger partial charge on any atom is -0.618 e. The number of fused-ring (bicyclic) bond motifs is 1. The van der Waals surface area contributed by atoms with E-state index in [2.05, 4.69) is 11.4 Å². The highest BCUT2D eigenvalue weighted by molar-refractivity contribution is 5.83. The number of hydrogen-bond donors (Lipinski definition) is 2. The molecule has 0 saturated heterocycles. The summed E-state index contributed by atoms with van der Waals surface area (Å²) >= 11 is 0. The minimum atomic E-state index is -1.64. The fourth-order valence-electron chi connectivity index (χ4n) is 4.92. The van der Waals surface area contributed by atoms with Crippen LogP contribution < -0.4 is 10.0 Å². The van der Waals surface area contributed by atoms with E-state index >= 15 is 0 Å². The number of nitrogens with zero attached hydrogens (tertiary/aromatic N) is 1. The Bertz CT molecular complexity index is 1660. The lowest BCUT2D eigenvalue weighted by molar-refractivity contribution is -0.621. The van der Waals surface area contributed by atoms with Gasteiger partial charge < -0.3 is 20.0 Å². The zero-order valence-corrected chi connectivity index (χ0v) is 21.9. The fraction of sp³-hybridized carbons (Fsp3) is 0.188. The molecule has 6 nitrogen and oxygen atoms in total. The van der Waals surface area contributed by atoms with Crippen molar-refractivity contribution >= 4 is 16.9 Å². The van der Waals surface area contributed by atoms with Gasteiger partial charge in [0.25, 0.3) is 0 Å². The Morgan fingerprint density at radius 2 is 1.82 bits per heavy atom. The highest BCUT2D eigenvalue weighted by Crippen LogP contribution is 2.32. The molecule has 2 atom stereocenters. The van der Waals surface area contributed by atoms with Crippen LogP contribution in [0.25, 0.3) is 11.0 Å². The van der Waals surface area contributed by atoms with E-state index in [9.17, 15) is 19.5 Å². The Kier molecular flexibility index (Phi) is 6.93. The maximum absolute atomic E-state index is 13.6. The van der Waals surface area contributed by atoms with Crippen LogP contribution in [0.5, 0.6) is 0 Å². The largest absolute Gasteiger partial charge is 0.618 e. The van der Waals surface area contributed by atoms with Gasteiger partial charge in [0.1, 0.15) is 17.2 Å². The molecule has 2 aromatic heterocycles. The summed E-state index contributed by atoms with van der Waals surface area (Å²) in [4.78, 5) is 13.3. The average Bonchev–Trinajstić information content (AvgIpc) is 3.33. The molecule has 1 amide bonds. The van der Waals surface area contributed by atoms with Gasteiger partial charge >= 0.3 is 0 Å². The molecule has 3 aromatic carbocycles. The van der Waals surface area contributed by atoms with Gasteiger partial charge in [-0.1, -0.05) is 42.0 Å². The lowest BCUT2D eigenvalue weighted by Gasteiger charge is -2.22. The molecule has 0 saturated carbocycles. The van der Waals surface area contributed by atoms with Crippen molar-refractivity contribution in [1.82, 2.24) is 5.32 Å². The fourth-order valence-corrected chi connectivity index (χ4v) is 4.92. The highest BCUT2D eigenvalue weighted by atomic mass is 19.1. The smallest absolute Gasteiger partial charge is 0.232 e. The highest BCUT2D eigenvalue weighted by Gasteiger charge is 2.36. The molecule has 2 N–H and O–H groups in total. The van der Waals surface area contributed by atoms with Gasteiger partial charge in [-0.05, 0) is 79.4 Å². The van der Waals surface area contributed by atoms with Crippen molar-refractivity contribution in [2.24, 2.45) is 0 Å². The van der Waals surface area contributed by atoms with Gasteiger partial charge in [-0.2, -0.15) is 4.73 Å². The summed E-state index contributed by atoms with van der Waals surface area (Å²) in [6.45, 7) is 5.51. The number of pyridine rings is 1. The summed E-state index contributed by atoms with van der Waals surface area (Å²) in [5.41, 5.74) is 3.65.